The molecule has 23 heavy (non-hydrogen) atoms. The van der Waals surface area contributed by atoms with Crippen LogP contribution in [-0.2, 0) is 11.2 Å². The van der Waals surface area contributed by atoms with Gasteiger partial charge in [-0.15, -0.1) is 0 Å². The lowest BCUT2D eigenvalue weighted by molar-refractivity contribution is -0.123. The van der Waals surface area contributed by atoms with E-state index >= 15 is 0 Å². The number of ketones is 2. The Morgan fingerprint density at radius 3 is 2.04 bits per heavy atom. The van der Waals surface area contributed by atoms with Crippen LogP contribution in [-0.4, -0.2) is 24.7 Å². The minimum atomic E-state index is -0.189. The highest BCUT2D eigenvalue weighted by Gasteiger charge is 2.19. The molecule has 0 aliphatic carbocycles. The Morgan fingerprint density at radius 2 is 1.52 bits per heavy atom. The fraction of sp³-hybridized carbons (Fsp3) is 0.300. The quantitative estimate of drug-likeness (QED) is 0.796. The molecule has 0 saturated carbocycles. The first-order chi connectivity index (χ1) is 11.0. The molecule has 2 aromatic rings. The van der Waals surface area contributed by atoms with Crippen LogP contribution in [0.5, 0.6) is 0 Å². The normalized spacial score (nSPS) is 12.2. The molecular formula is C20H25NO2. The second-order valence-electron chi connectivity index (χ2n) is 5.99. The van der Waals surface area contributed by atoms with Crippen LogP contribution >= 0.6 is 0 Å². The number of hydrogen-bond donors (Lipinski definition) is 1. The number of likely N-dealkylation sites (N-methyl/N-ethyl adjacent to an activating group) is 1. The molecule has 0 aliphatic rings. The maximum absolute atomic E-state index is 12.4. The first-order valence-corrected chi connectivity index (χ1v) is 7.92. The molecule has 0 fully saturated rings. The third kappa shape index (κ3) is 4.36. The highest BCUT2D eigenvalue weighted by molar-refractivity contribution is 6.08. The summed E-state index contributed by atoms with van der Waals surface area (Å²) in [6.45, 7) is 3.82. The molecule has 0 bridgehead atoms. The van der Waals surface area contributed by atoms with Crippen molar-refractivity contribution < 1.29 is 11.0 Å². The molecule has 1 N–H and O–H groups in total. The Kier molecular flexibility index (Phi) is 5.83. The van der Waals surface area contributed by atoms with Crippen LogP contribution in [0.2, 0.25) is 0 Å². The molecule has 1 atom stereocenters. The second-order valence-corrected chi connectivity index (χ2v) is 5.99. The van der Waals surface area contributed by atoms with Crippen LogP contribution in [0.25, 0.3) is 0 Å². The molecule has 0 saturated heterocycles. The molecule has 2 aromatic carbocycles. The van der Waals surface area contributed by atoms with E-state index in [0.717, 1.165) is 5.56 Å². The average Bonchev–Trinajstić information content (AvgIpc) is 2.59. The lowest BCUT2D eigenvalue weighted by Gasteiger charge is -2.17. The van der Waals surface area contributed by atoms with Crippen molar-refractivity contribution in [2.75, 3.05) is 7.05 Å². The summed E-state index contributed by atoms with van der Waals surface area (Å²) in [5.41, 5.74) is 2.39. The second kappa shape index (κ2) is 7.84. The molecule has 3 heteroatoms. The highest BCUT2D eigenvalue weighted by atomic mass is 16.1. The molecule has 0 unspecified atom stereocenters. The number of Topliss-reactive ketones (excluding diaryl/α,β-unsaturated/α-hetero) is 1. The summed E-state index contributed by atoms with van der Waals surface area (Å²) in [5.74, 6) is 0.226. The van der Waals surface area contributed by atoms with Crippen LogP contribution in [0, 0.1) is 5.92 Å². The molecule has 0 aliphatic heterocycles. The zero-order valence-corrected chi connectivity index (χ0v) is 13.9. The van der Waals surface area contributed by atoms with E-state index < -0.39 is 0 Å². The summed E-state index contributed by atoms with van der Waals surface area (Å²) in [5, 5.41) is 3.08. The molecule has 3 nitrogen and oxygen atoms in total. The van der Waals surface area contributed by atoms with Crippen molar-refractivity contribution in [3.63, 3.8) is 0 Å². The minimum absolute atomic E-state index is 0. The number of nitrogens with one attached hydrogen (secondary N) is 1. The minimum Gasteiger partial charge on any atom is -0.310 e. The lowest BCUT2D eigenvalue weighted by Crippen LogP contribution is -2.38. The van der Waals surface area contributed by atoms with Crippen LogP contribution in [0.3, 0.4) is 0 Å². The number of hydrogen-bond acceptors (Lipinski definition) is 3. The Bertz CT molecular complexity index is 666. The fourth-order valence-corrected chi connectivity index (χ4v) is 2.53. The number of benzene rings is 2. The molecule has 0 aromatic heterocycles. The van der Waals surface area contributed by atoms with E-state index in [0.29, 0.717) is 17.5 Å². The summed E-state index contributed by atoms with van der Waals surface area (Å²) in [6.07, 6.45) is 0.632. The summed E-state index contributed by atoms with van der Waals surface area (Å²) >= 11 is 0. The van der Waals surface area contributed by atoms with Gasteiger partial charge in [-0.2, -0.15) is 0 Å². The van der Waals surface area contributed by atoms with E-state index in [1.54, 1.807) is 7.05 Å². The van der Waals surface area contributed by atoms with Gasteiger partial charge < -0.3 is 5.32 Å². The Hall–Kier alpha value is -2.26. The Morgan fingerprint density at radius 1 is 0.957 bits per heavy atom. The first kappa shape index (κ1) is 17.1. The standard InChI is InChI=1S/C20H23NO2.H2/c1-14(2)19(22)18(21-3)13-15-9-11-17(12-10-15)20(23)16-7-5-4-6-8-16;/h4-12,14,18,21H,13H2,1-3H3;1H/t18-;/m0./s1. The van der Waals surface area contributed by atoms with Gasteiger partial charge in [-0.3, -0.25) is 9.59 Å². The van der Waals surface area contributed by atoms with Crippen LogP contribution < -0.4 is 5.32 Å². The first-order valence-electron chi connectivity index (χ1n) is 7.92. The maximum Gasteiger partial charge on any atom is 0.193 e. The smallest absolute Gasteiger partial charge is 0.193 e. The van der Waals surface area contributed by atoms with Crippen molar-refractivity contribution >= 4 is 11.6 Å². The number of carbonyl (C=O) groups excluding carboxylic acids is 2. The van der Waals surface area contributed by atoms with Gasteiger partial charge in [0.1, 0.15) is 0 Å². The topological polar surface area (TPSA) is 46.2 Å². The number of rotatable bonds is 7. The molecule has 0 heterocycles. The van der Waals surface area contributed by atoms with Gasteiger partial charge in [-0.1, -0.05) is 68.4 Å². The van der Waals surface area contributed by atoms with Gasteiger partial charge >= 0.3 is 0 Å². The maximum atomic E-state index is 12.4. The van der Waals surface area contributed by atoms with Crippen molar-refractivity contribution in [2.24, 2.45) is 5.92 Å². The van der Waals surface area contributed by atoms with E-state index in [2.05, 4.69) is 5.32 Å². The highest BCUT2D eigenvalue weighted by Crippen LogP contribution is 2.13. The molecule has 0 spiro atoms. The van der Waals surface area contributed by atoms with E-state index in [1.807, 2.05) is 68.4 Å². The molecule has 0 radical (unpaired) electrons. The van der Waals surface area contributed by atoms with Gasteiger partial charge in [-0.05, 0) is 19.0 Å². The zero-order valence-electron chi connectivity index (χ0n) is 13.9. The SMILES string of the molecule is CN[C@@H](Cc1ccc(C(=O)c2ccccc2)cc1)C(=O)C(C)C.[HH]. The summed E-state index contributed by atoms with van der Waals surface area (Å²) in [6, 6.07) is 16.6. The van der Waals surface area contributed by atoms with Crippen LogP contribution in [0.1, 0.15) is 36.8 Å². The summed E-state index contributed by atoms with van der Waals surface area (Å²) < 4.78 is 0. The van der Waals surface area contributed by atoms with Crippen molar-refractivity contribution in [3.8, 4) is 0 Å². The van der Waals surface area contributed by atoms with Crippen molar-refractivity contribution in [2.45, 2.75) is 26.3 Å². The van der Waals surface area contributed by atoms with Gasteiger partial charge in [0.2, 0.25) is 0 Å². The van der Waals surface area contributed by atoms with Gasteiger partial charge in [0, 0.05) is 18.5 Å². The summed E-state index contributed by atoms with van der Waals surface area (Å²) in [4.78, 5) is 24.5. The Balaban J connectivity index is 0.00000288. The van der Waals surface area contributed by atoms with Gasteiger partial charge in [0.25, 0.3) is 0 Å². The van der Waals surface area contributed by atoms with Crippen molar-refractivity contribution in [1.82, 2.24) is 5.32 Å². The predicted octanol–water partition coefficient (Wildman–Crippen LogP) is 3.52. The lowest BCUT2D eigenvalue weighted by atomic mass is 9.94. The van der Waals surface area contributed by atoms with Gasteiger partial charge in [0.15, 0.2) is 11.6 Å². The molecule has 122 valence electrons. The van der Waals surface area contributed by atoms with Crippen LogP contribution in [0.15, 0.2) is 54.6 Å². The van der Waals surface area contributed by atoms with E-state index in [1.165, 1.54) is 0 Å². The Labute approximate surface area is 139 Å². The largest absolute Gasteiger partial charge is 0.310 e. The third-order valence-corrected chi connectivity index (χ3v) is 3.95. The van der Waals surface area contributed by atoms with E-state index in [4.69, 9.17) is 0 Å². The molecule has 2 rings (SSSR count). The number of carbonyl (C=O) groups is 2. The van der Waals surface area contributed by atoms with Crippen molar-refractivity contribution in [1.29, 1.82) is 0 Å². The van der Waals surface area contributed by atoms with Crippen LogP contribution in [0.4, 0.5) is 0 Å². The van der Waals surface area contributed by atoms with E-state index in [-0.39, 0.29) is 25.0 Å². The summed E-state index contributed by atoms with van der Waals surface area (Å²) in [7, 11) is 1.80. The zero-order chi connectivity index (χ0) is 16.8. The van der Waals surface area contributed by atoms with E-state index in [9.17, 15) is 9.59 Å². The fourth-order valence-electron chi connectivity index (χ4n) is 2.53. The monoisotopic (exact) mass is 311 g/mol. The third-order valence-electron chi connectivity index (χ3n) is 3.95. The molecular weight excluding hydrogens is 286 g/mol. The molecule has 0 amide bonds. The van der Waals surface area contributed by atoms with Gasteiger partial charge in [0.05, 0.1) is 6.04 Å². The van der Waals surface area contributed by atoms with Crippen molar-refractivity contribution in [3.05, 3.63) is 71.3 Å². The predicted molar refractivity (Wildman–Crippen MR) is 94.8 cm³/mol. The average molecular weight is 311 g/mol. The van der Waals surface area contributed by atoms with Gasteiger partial charge in [-0.25, -0.2) is 0 Å².